The maximum atomic E-state index is 13.0. The maximum Gasteiger partial charge on any atom is 0.255 e. The van der Waals surface area contributed by atoms with Gasteiger partial charge in [-0.2, -0.15) is 0 Å². The SMILES string of the molecule is C[C@H]1CN(C(=O)c2ccc(F)cc2I)CCN1. The van der Waals surface area contributed by atoms with Crippen molar-refractivity contribution in [1.82, 2.24) is 10.2 Å². The molecule has 0 spiro atoms. The Kier molecular flexibility index (Phi) is 3.98. The van der Waals surface area contributed by atoms with E-state index in [0.29, 0.717) is 28.3 Å². The lowest BCUT2D eigenvalue weighted by Gasteiger charge is -2.32. The van der Waals surface area contributed by atoms with E-state index in [9.17, 15) is 9.18 Å². The van der Waals surface area contributed by atoms with Gasteiger partial charge < -0.3 is 10.2 Å². The number of carbonyl (C=O) groups is 1. The molecule has 1 aliphatic rings. The summed E-state index contributed by atoms with van der Waals surface area (Å²) >= 11 is 2.00. The van der Waals surface area contributed by atoms with Gasteiger partial charge in [-0.15, -0.1) is 0 Å². The summed E-state index contributed by atoms with van der Waals surface area (Å²) in [6.07, 6.45) is 0. The summed E-state index contributed by atoms with van der Waals surface area (Å²) in [5.74, 6) is -0.317. The fourth-order valence-corrected chi connectivity index (χ4v) is 2.66. The molecule has 1 atom stereocenters. The van der Waals surface area contributed by atoms with Gasteiger partial charge in [0.05, 0.1) is 5.56 Å². The summed E-state index contributed by atoms with van der Waals surface area (Å²) in [7, 11) is 0. The molecular formula is C12H14FIN2O. The monoisotopic (exact) mass is 348 g/mol. The third kappa shape index (κ3) is 2.95. The number of amides is 1. The molecule has 1 fully saturated rings. The molecule has 1 amide bonds. The Hall–Kier alpha value is -0.690. The summed E-state index contributed by atoms with van der Waals surface area (Å²) in [6, 6.07) is 4.60. The zero-order chi connectivity index (χ0) is 12.4. The number of nitrogens with zero attached hydrogens (tertiary/aromatic N) is 1. The molecule has 1 saturated heterocycles. The molecule has 2 rings (SSSR count). The van der Waals surface area contributed by atoms with Gasteiger partial charge in [0.1, 0.15) is 5.82 Å². The topological polar surface area (TPSA) is 32.3 Å². The van der Waals surface area contributed by atoms with E-state index in [1.807, 2.05) is 27.5 Å². The van der Waals surface area contributed by atoms with E-state index in [4.69, 9.17) is 0 Å². The van der Waals surface area contributed by atoms with Crippen molar-refractivity contribution in [1.29, 1.82) is 0 Å². The molecule has 3 nitrogen and oxygen atoms in total. The average Bonchev–Trinajstić information content (AvgIpc) is 2.28. The van der Waals surface area contributed by atoms with E-state index in [1.165, 1.54) is 12.1 Å². The lowest BCUT2D eigenvalue weighted by atomic mass is 10.1. The second-order valence-corrected chi connectivity index (χ2v) is 5.39. The van der Waals surface area contributed by atoms with Crippen molar-refractivity contribution in [2.45, 2.75) is 13.0 Å². The predicted octanol–water partition coefficient (Wildman–Crippen LogP) is 1.86. The Morgan fingerprint density at radius 1 is 1.59 bits per heavy atom. The second-order valence-electron chi connectivity index (χ2n) is 4.23. The first-order valence-electron chi connectivity index (χ1n) is 5.55. The highest BCUT2D eigenvalue weighted by molar-refractivity contribution is 14.1. The van der Waals surface area contributed by atoms with Gasteiger partial charge in [0, 0.05) is 29.2 Å². The van der Waals surface area contributed by atoms with Crippen molar-refractivity contribution in [2.24, 2.45) is 0 Å². The van der Waals surface area contributed by atoms with Crippen LogP contribution in [0.15, 0.2) is 18.2 Å². The molecule has 92 valence electrons. The van der Waals surface area contributed by atoms with Gasteiger partial charge in [-0.05, 0) is 47.7 Å². The van der Waals surface area contributed by atoms with E-state index in [-0.39, 0.29) is 11.7 Å². The largest absolute Gasteiger partial charge is 0.336 e. The number of piperazine rings is 1. The van der Waals surface area contributed by atoms with Gasteiger partial charge in [0.25, 0.3) is 5.91 Å². The van der Waals surface area contributed by atoms with Crippen LogP contribution in [0.5, 0.6) is 0 Å². The van der Waals surface area contributed by atoms with Gasteiger partial charge in [0.15, 0.2) is 0 Å². The van der Waals surface area contributed by atoms with Crippen LogP contribution < -0.4 is 5.32 Å². The van der Waals surface area contributed by atoms with Crippen molar-refractivity contribution in [3.05, 3.63) is 33.1 Å². The first-order chi connectivity index (χ1) is 8.08. The third-order valence-electron chi connectivity index (χ3n) is 2.82. The zero-order valence-corrected chi connectivity index (χ0v) is 11.7. The molecule has 1 aromatic carbocycles. The van der Waals surface area contributed by atoms with Crippen LogP contribution in [0.2, 0.25) is 0 Å². The first-order valence-corrected chi connectivity index (χ1v) is 6.63. The van der Waals surface area contributed by atoms with Gasteiger partial charge in [-0.3, -0.25) is 4.79 Å². The van der Waals surface area contributed by atoms with E-state index < -0.39 is 0 Å². The van der Waals surface area contributed by atoms with Crippen molar-refractivity contribution in [3.8, 4) is 0 Å². The van der Waals surface area contributed by atoms with E-state index >= 15 is 0 Å². The maximum absolute atomic E-state index is 13.0. The summed E-state index contributed by atoms with van der Waals surface area (Å²) in [6.45, 7) is 4.27. The van der Waals surface area contributed by atoms with Crippen molar-refractivity contribution < 1.29 is 9.18 Å². The van der Waals surface area contributed by atoms with Crippen LogP contribution >= 0.6 is 22.6 Å². The summed E-state index contributed by atoms with van der Waals surface area (Å²) in [4.78, 5) is 14.1. The summed E-state index contributed by atoms with van der Waals surface area (Å²) < 4.78 is 13.6. The van der Waals surface area contributed by atoms with Crippen molar-refractivity contribution >= 4 is 28.5 Å². The first kappa shape index (κ1) is 12.8. The number of carbonyl (C=O) groups excluding carboxylic acids is 1. The number of nitrogens with one attached hydrogen (secondary N) is 1. The summed E-state index contributed by atoms with van der Waals surface area (Å²) in [5.41, 5.74) is 0.584. The molecular weight excluding hydrogens is 334 g/mol. The lowest BCUT2D eigenvalue weighted by molar-refractivity contribution is 0.0708. The average molecular weight is 348 g/mol. The van der Waals surface area contributed by atoms with Crippen molar-refractivity contribution in [3.63, 3.8) is 0 Å². The molecule has 0 aromatic heterocycles. The van der Waals surface area contributed by atoms with Crippen LogP contribution in [0.3, 0.4) is 0 Å². The quantitative estimate of drug-likeness (QED) is 0.786. The van der Waals surface area contributed by atoms with E-state index in [1.54, 1.807) is 6.07 Å². The normalized spacial score (nSPS) is 20.4. The number of rotatable bonds is 1. The number of hydrogen-bond donors (Lipinski definition) is 1. The molecule has 0 unspecified atom stereocenters. The molecule has 1 N–H and O–H groups in total. The van der Waals surface area contributed by atoms with E-state index in [2.05, 4.69) is 12.2 Å². The number of halogens is 2. The molecule has 5 heteroatoms. The van der Waals surface area contributed by atoms with Crippen LogP contribution in [-0.2, 0) is 0 Å². The molecule has 0 radical (unpaired) electrons. The third-order valence-corrected chi connectivity index (χ3v) is 3.71. The van der Waals surface area contributed by atoms with Crippen LogP contribution in [0.4, 0.5) is 4.39 Å². The van der Waals surface area contributed by atoms with Gasteiger partial charge in [-0.1, -0.05) is 0 Å². The molecule has 0 bridgehead atoms. The van der Waals surface area contributed by atoms with Gasteiger partial charge in [0.2, 0.25) is 0 Å². The Morgan fingerprint density at radius 2 is 2.35 bits per heavy atom. The number of hydrogen-bond acceptors (Lipinski definition) is 2. The van der Waals surface area contributed by atoms with Crippen LogP contribution in [0.1, 0.15) is 17.3 Å². The van der Waals surface area contributed by atoms with E-state index in [0.717, 1.165) is 6.54 Å². The van der Waals surface area contributed by atoms with Crippen LogP contribution in [0, 0.1) is 9.39 Å². The highest BCUT2D eigenvalue weighted by atomic mass is 127. The van der Waals surface area contributed by atoms with Crippen molar-refractivity contribution in [2.75, 3.05) is 19.6 Å². The molecule has 1 aromatic rings. The molecule has 1 heterocycles. The highest BCUT2D eigenvalue weighted by Gasteiger charge is 2.23. The molecule has 0 saturated carbocycles. The Balaban J connectivity index is 2.18. The fraction of sp³-hybridized carbons (Fsp3) is 0.417. The molecule has 17 heavy (non-hydrogen) atoms. The standard InChI is InChI=1S/C12H14FIN2O/c1-8-7-16(5-4-15-8)12(17)10-3-2-9(13)6-11(10)14/h2-3,6,8,15H,4-5,7H2,1H3/t8-/m0/s1. The smallest absolute Gasteiger partial charge is 0.255 e. The van der Waals surface area contributed by atoms with Gasteiger partial charge >= 0.3 is 0 Å². The fourth-order valence-electron chi connectivity index (χ4n) is 1.95. The minimum Gasteiger partial charge on any atom is -0.336 e. The lowest BCUT2D eigenvalue weighted by Crippen LogP contribution is -2.51. The van der Waals surface area contributed by atoms with Gasteiger partial charge in [-0.25, -0.2) is 4.39 Å². The Bertz CT molecular complexity index is 439. The molecule has 1 aliphatic heterocycles. The Labute approximate surface area is 114 Å². The second kappa shape index (κ2) is 5.30. The zero-order valence-electron chi connectivity index (χ0n) is 9.54. The Morgan fingerprint density at radius 3 is 3.00 bits per heavy atom. The molecule has 0 aliphatic carbocycles. The van der Waals surface area contributed by atoms with Crippen LogP contribution in [-0.4, -0.2) is 36.5 Å². The summed E-state index contributed by atoms with van der Waals surface area (Å²) in [5, 5.41) is 3.29. The minimum absolute atomic E-state index is 0.0113. The predicted molar refractivity (Wildman–Crippen MR) is 72.5 cm³/mol. The number of benzene rings is 1. The minimum atomic E-state index is -0.306. The highest BCUT2D eigenvalue weighted by Crippen LogP contribution is 2.16. The van der Waals surface area contributed by atoms with Crippen LogP contribution in [0.25, 0.3) is 0 Å².